The first-order valence-corrected chi connectivity index (χ1v) is 16.0. The van der Waals surface area contributed by atoms with Crippen molar-refractivity contribution in [3.63, 3.8) is 0 Å². The first-order valence-electron chi connectivity index (χ1n) is 14.5. The molecule has 4 aromatic rings. The van der Waals surface area contributed by atoms with Gasteiger partial charge in [0.15, 0.2) is 0 Å². The number of fused-ring (bicyclic) bond motifs is 4. The minimum atomic E-state index is -3.92. The molecule has 2 aromatic carbocycles. The lowest BCUT2D eigenvalue weighted by Gasteiger charge is -2.19. The zero-order chi connectivity index (χ0) is 30.3. The Morgan fingerprint density at radius 3 is 2.63 bits per heavy atom. The minimum absolute atomic E-state index is 0.109. The average molecular weight is 606 g/mol. The molecule has 1 fully saturated rings. The fourth-order valence-electron chi connectivity index (χ4n) is 5.59. The maximum atomic E-state index is 13.7. The number of carbonyl (C=O) groups is 2. The monoisotopic (exact) mass is 605 g/mol. The van der Waals surface area contributed by atoms with E-state index in [-0.39, 0.29) is 30.0 Å². The van der Waals surface area contributed by atoms with Crippen LogP contribution < -0.4 is 20.7 Å². The highest BCUT2D eigenvalue weighted by Crippen LogP contribution is 2.47. The van der Waals surface area contributed by atoms with Crippen molar-refractivity contribution in [3.8, 4) is 0 Å². The molecule has 1 saturated carbocycles. The highest BCUT2D eigenvalue weighted by Gasteiger charge is 2.37. The van der Waals surface area contributed by atoms with E-state index in [0.29, 0.717) is 34.6 Å². The van der Waals surface area contributed by atoms with Gasteiger partial charge >= 0.3 is 12.1 Å². The van der Waals surface area contributed by atoms with Crippen LogP contribution >= 0.6 is 0 Å². The molecule has 0 aliphatic heterocycles. The summed E-state index contributed by atoms with van der Waals surface area (Å²) in [6.07, 6.45) is 3.29. The summed E-state index contributed by atoms with van der Waals surface area (Å²) in [6.45, 7) is 5.91. The quantitative estimate of drug-likeness (QED) is 0.178. The van der Waals surface area contributed by atoms with Gasteiger partial charge in [-0.15, -0.1) is 0 Å². The van der Waals surface area contributed by atoms with Gasteiger partial charge in [0.05, 0.1) is 34.6 Å². The highest BCUT2D eigenvalue weighted by atomic mass is 32.2. The number of nitrogens with zero attached hydrogens (tertiary/aromatic N) is 2. The van der Waals surface area contributed by atoms with Crippen LogP contribution in [0.4, 0.5) is 15.5 Å². The normalized spacial score (nSPS) is 18.1. The molecular weight excluding hydrogens is 570 g/mol. The van der Waals surface area contributed by atoms with Crippen LogP contribution in [0, 0.1) is 5.92 Å². The van der Waals surface area contributed by atoms with Crippen LogP contribution in [-0.2, 0) is 14.8 Å². The molecule has 0 saturated heterocycles. The number of benzene rings is 2. The van der Waals surface area contributed by atoms with E-state index in [9.17, 15) is 18.0 Å². The molecule has 2 aliphatic rings. The number of nitrogens with one attached hydrogen (secondary N) is 5. The average Bonchev–Trinajstić information content (AvgIpc) is 3.65. The third kappa shape index (κ3) is 6.00. The van der Waals surface area contributed by atoms with Crippen LogP contribution in [0.15, 0.2) is 47.5 Å². The van der Waals surface area contributed by atoms with E-state index in [1.54, 1.807) is 19.2 Å². The molecule has 2 aliphatic carbocycles. The topological polar surface area (TPSA) is 167 Å². The Morgan fingerprint density at radius 1 is 1.12 bits per heavy atom. The van der Waals surface area contributed by atoms with Crippen molar-refractivity contribution in [2.24, 2.45) is 5.92 Å². The SMILES string of the molecule is CCOC(=O)NC(=O)N[C@H]1C[C@H](Nc2nc3ccccc3[nH]2)c2c1cc(S(=O)(=O)NCC(C)C)c1cc(C3CC3)ncc21. The largest absolute Gasteiger partial charge is 0.450 e. The van der Waals surface area contributed by atoms with Crippen molar-refractivity contribution >= 4 is 49.9 Å². The number of rotatable bonds is 9. The van der Waals surface area contributed by atoms with E-state index >= 15 is 0 Å². The summed E-state index contributed by atoms with van der Waals surface area (Å²) in [5.41, 5.74) is 3.96. The number of aromatic amines is 1. The number of sulfonamides is 1. The number of carbonyl (C=O) groups excluding carboxylic acids is 2. The van der Waals surface area contributed by atoms with Crippen molar-refractivity contribution in [1.29, 1.82) is 0 Å². The Kier molecular flexibility index (Phi) is 7.69. The van der Waals surface area contributed by atoms with Gasteiger partial charge in [-0.05, 0) is 67.5 Å². The summed E-state index contributed by atoms with van der Waals surface area (Å²) in [4.78, 5) is 37.6. The first-order chi connectivity index (χ1) is 20.6. The number of alkyl carbamates (subject to hydrolysis) is 1. The zero-order valence-corrected chi connectivity index (χ0v) is 25.0. The third-order valence-electron chi connectivity index (χ3n) is 7.74. The van der Waals surface area contributed by atoms with Crippen molar-refractivity contribution in [1.82, 2.24) is 30.3 Å². The summed E-state index contributed by atoms with van der Waals surface area (Å²) in [6, 6.07) is 9.47. The van der Waals surface area contributed by atoms with Gasteiger partial charge < -0.3 is 20.4 Å². The standard InChI is InChI=1S/C30H35N7O5S/c1-4-42-30(39)37-29(38)36-24-13-25(35-28-33-21-7-5-6-8-22(21)34-28)27-19(24)12-26(43(40,41)32-14-16(2)3)18-11-23(17-9-10-17)31-15-20(18)27/h5-8,11-12,15-17,24-25,32H,4,9-10,13-14H2,1-3H3,(H2,33,34,35)(H2,36,37,38,39)/t24-,25-/m0/s1. The second-order valence-electron chi connectivity index (χ2n) is 11.5. The van der Waals surface area contributed by atoms with Gasteiger partial charge in [0.1, 0.15) is 0 Å². The van der Waals surface area contributed by atoms with Gasteiger partial charge in [0, 0.05) is 35.1 Å². The van der Waals surface area contributed by atoms with Gasteiger partial charge in [0.2, 0.25) is 16.0 Å². The van der Waals surface area contributed by atoms with Gasteiger partial charge in [-0.25, -0.2) is 33.0 Å². The Bertz CT molecular complexity index is 1780. The van der Waals surface area contributed by atoms with Crippen LogP contribution in [0.25, 0.3) is 21.8 Å². The molecule has 0 radical (unpaired) electrons. The lowest BCUT2D eigenvalue weighted by molar-refractivity contribution is 0.152. The Balaban J connectivity index is 1.46. The fourth-order valence-corrected chi connectivity index (χ4v) is 7.04. The predicted octanol–water partition coefficient (Wildman–Crippen LogP) is 4.98. The number of anilines is 1. The van der Waals surface area contributed by atoms with Crippen molar-refractivity contribution in [2.45, 2.75) is 62.9 Å². The Morgan fingerprint density at radius 2 is 1.91 bits per heavy atom. The van der Waals surface area contributed by atoms with Crippen LogP contribution in [-0.4, -0.2) is 48.6 Å². The molecule has 2 heterocycles. The molecule has 0 bridgehead atoms. The van der Waals surface area contributed by atoms with Gasteiger partial charge in [0.25, 0.3) is 0 Å². The molecule has 12 nitrogen and oxygen atoms in total. The van der Waals surface area contributed by atoms with Crippen molar-refractivity contribution < 1.29 is 22.7 Å². The number of imidazole rings is 1. The van der Waals surface area contributed by atoms with Crippen LogP contribution in [0.1, 0.15) is 74.9 Å². The van der Waals surface area contributed by atoms with E-state index < -0.39 is 28.2 Å². The summed E-state index contributed by atoms with van der Waals surface area (Å²) in [5, 5.41) is 9.74. The minimum Gasteiger partial charge on any atom is -0.450 e. The number of pyridine rings is 1. The lowest BCUT2D eigenvalue weighted by Crippen LogP contribution is -2.41. The summed E-state index contributed by atoms with van der Waals surface area (Å²) in [7, 11) is -3.92. The molecule has 6 rings (SSSR count). The molecular formula is C30H35N7O5S. The molecule has 0 unspecified atom stereocenters. The third-order valence-corrected chi connectivity index (χ3v) is 9.20. The summed E-state index contributed by atoms with van der Waals surface area (Å²) < 4.78 is 35.1. The first kappa shape index (κ1) is 28.9. The highest BCUT2D eigenvalue weighted by molar-refractivity contribution is 7.89. The van der Waals surface area contributed by atoms with Crippen molar-refractivity contribution in [2.75, 3.05) is 18.5 Å². The van der Waals surface area contributed by atoms with Gasteiger partial charge in [-0.2, -0.15) is 0 Å². The van der Waals surface area contributed by atoms with Crippen LogP contribution in [0.5, 0.6) is 0 Å². The second kappa shape index (κ2) is 11.5. The summed E-state index contributed by atoms with van der Waals surface area (Å²) in [5.74, 6) is 0.972. The van der Waals surface area contributed by atoms with Crippen molar-refractivity contribution in [3.05, 3.63) is 59.4 Å². The van der Waals surface area contributed by atoms with Gasteiger partial charge in [-0.1, -0.05) is 26.0 Å². The van der Waals surface area contributed by atoms with E-state index in [0.717, 1.165) is 35.1 Å². The number of para-hydroxylation sites is 2. The second-order valence-corrected chi connectivity index (χ2v) is 13.2. The molecule has 0 spiro atoms. The fraction of sp³-hybridized carbons (Fsp3) is 0.400. The van der Waals surface area contributed by atoms with E-state index in [4.69, 9.17) is 9.72 Å². The number of urea groups is 1. The number of amides is 3. The number of aromatic nitrogens is 3. The Hall–Kier alpha value is -4.23. The number of H-pyrrole nitrogens is 1. The molecule has 2 aromatic heterocycles. The molecule has 43 heavy (non-hydrogen) atoms. The molecule has 13 heteroatoms. The smallest absolute Gasteiger partial charge is 0.415 e. The molecule has 2 atom stereocenters. The number of hydrogen-bond acceptors (Lipinski definition) is 8. The lowest BCUT2D eigenvalue weighted by atomic mass is 9.98. The number of imide groups is 1. The molecule has 3 amide bonds. The number of hydrogen-bond donors (Lipinski definition) is 5. The zero-order valence-electron chi connectivity index (χ0n) is 24.2. The predicted molar refractivity (Wildman–Crippen MR) is 162 cm³/mol. The van der Waals surface area contributed by atoms with Crippen LogP contribution in [0.2, 0.25) is 0 Å². The van der Waals surface area contributed by atoms with E-state index in [1.165, 1.54) is 0 Å². The van der Waals surface area contributed by atoms with Crippen LogP contribution in [0.3, 0.4) is 0 Å². The summed E-state index contributed by atoms with van der Waals surface area (Å²) >= 11 is 0. The van der Waals surface area contributed by atoms with Gasteiger partial charge in [-0.3, -0.25) is 4.98 Å². The molecule has 226 valence electrons. The maximum absolute atomic E-state index is 13.7. The van der Waals surface area contributed by atoms with E-state index in [2.05, 4.69) is 30.6 Å². The van der Waals surface area contributed by atoms with E-state index in [1.807, 2.05) is 44.2 Å². The Labute approximate surface area is 249 Å². The maximum Gasteiger partial charge on any atom is 0.415 e. The number of ether oxygens (including phenoxy) is 1. The molecule has 5 N–H and O–H groups in total.